The molecule has 5 heteroatoms. The fourth-order valence-corrected chi connectivity index (χ4v) is 4.16. The maximum absolute atomic E-state index is 13.1. The van der Waals surface area contributed by atoms with E-state index in [2.05, 4.69) is 58.4 Å². The number of aromatic nitrogens is 2. The normalized spacial score (nSPS) is 11.2. The van der Waals surface area contributed by atoms with Crippen LogP contribution in [-0.2, 0) is 13.0 Å². The Hall–Kier alpha value is -3.99. The van der Waals surface area contributed by atoms with Crippen LogP contribution in [0.2, 0.25) is 0 Å². The number of imidazole rings is 1. The van der Waals surface area contributed by atoms with Crippen LogP contribution >= 0.6 is 0 Å². The minimum atomic E-state index is -0.350. The molecule has 5 aromatic rings. The predicted octanol–water partition coefficient (Wildman–Crippen LogP) is 5.74. The fraction of sp³-hybridized carbons (Fsp3) is 0.143. The molecule has 1 heterocycles. The first-order chi connectivity index (χ1) is 16.2. The molecule has 0 bridgehead atoms. The van der Waals surface area contributed by atoms with E-state index in [1.54, 1.807) is 0 Å². The average Bonchev–Trinajstić information content (AvgIpc) is 3.19. The second-order valence-corrected chi connectivity index (χ2v) is 8.15. The number of hydrogen-bond donors (Lipinski definition) is 1. The zero-order valence-electron chi connectivity index (χ0n) is 18.2. The Bertz CT molecular complexity index is 1420. The van der Waals surface area contributed by atoms with Gasteiger partial charge in [0.25, 0.3) is 5.91 Å². The van der Waals surface area contributed by atoms with Gasteiger partial charge in [-0.3, -0.25) is 4.79 Å². The Morgan fingerprint density at radius 3 is 2.48 bits per heavy atom. The highest BCUT2D eigenvalue weighted by Crippen LogP contribution is 2.21. The first kappa shape index (κ1) is 20.9. The van der Waals surface area contributed by atoms with Gasteiger partial charge in [0, 0.05) is 25.1 Å². The topological polar surface area (TPSA) is 46.9 Å². The van der Waals surface area contributed by atoms with E-state index in [1.165, 1.54) is 40.6 Å². The molecule has 4 aromatic carbocycles. The lowest BCUT2D eigenvalue weighted by molar-refractivity contribution is 0.0953. The Morgan fingerprint density at radius 2 is 1.64 bits per heavy atom. The van der Waals surface area contributed by atoms with Crippen LogP contribution in [0.5, 0.6) is 0 Å². The number of rotatable bonds is 7. The number of halogens is 1. The molecule has 1 aromatic heterocycles. The Labute approximate surface area is 191 Å². The third kappa shape index (κ3) is 4.62. The SMILES string of the molecule is O=C(NCCCc1nc2ccccc2n1Cc1ccc2ccccc2c1)c1ccc(F)cc1. The van der Waals surface area contributed by atoms with Crippen molar-refractivity contribution in [3.8, 4) is 0 Å². The minimum Gasteiger partial charge on any atom is -0.352 e. The smallest absolute Gasteiger partial charge is 0.251 e. The third-order valence-corrected chi connectivity index (χ3v) is 5.86. The molecule has 0 saturated heterocycles. The Kier molecular flexibility index (Phi) is 5.85. The van der Waals surface area contributed by atoms with Crippen LogP contribution in [-0.4, -0.2) is 22.0 Å². The summed E-state index contributed by atoms with van der Waals surface area (Å²) in [6.07, 6.45) is 1.50. The van der Waals surface area contributed by atoms with Gasteiger partial charge in [-0.25, -0.2) is 9.37 Å². The van der Waals surface area contributed by atoms with Crippen molar-refractivity contribution in [2.45, 2.75) is 19.4 Å². The van der Waals surface area contributed by atoms with E-state index in [4.69, 9.17) is 4.98 Å². The van der Waals surface area contributed by atoms with Gasteiger partial charge in [0.1, 0.15) is 11.6 Å². The number of hydrogen-bond acceptors (Lipinski definition) is 2. The highest BCUT2D eigenvalue weighted by atomic mass is 19.1. The number of benzene rings is 4. The highest BCUT2D eigenvalue weighted by molar-refractivity contribution is 5.94. The highest BCUT2D eigenvalue weighted by Gasteiger charge is 2.12. The Balaban J connectivity index is 1.31. The molecule has 4 nitrogen and oxygen atoms in total. The van der Waals surface area contributed by atoms with Crippen LogP contribution < -0.4 is 5.32 Å². The second-order valence-electron chi connectivity index (χ2n) is 8.15. The van der Waals surface area contributed by atoms with Crippen molar-refractivity contribution in [1.82, 2.24) is 14.9 Å². The van der Waals surface area contributed by atoms with Crippen LogP contribution in [0.25, 0.3) is 21.8 Å². The van der Waals surface area contributed by atoms with Crippen LogP contribution in [0.4, 0.5) is 4.39 Å². The first-order valence-electron chi connectivity index (χ1n) is 11.1. The molecule has 1 amide bonds. The molecular weight excluding hydrogens is 413 g/mol. The maximum atomic E-state index is 13.1. The predicted molar refractivity (Wildman–Crippen MR) is 130 cm³/mol. The van der Waals surface area contributed by atoms with Gasteiger partial charge < -0.3 is 9.88 Å². The summed E-state index contributed by atoms with van der Waals surface area (Å²) in [6, 6.07) is 28.7. The summed E-state index contributed by atoms with van der Waals surface area (Å²) in [4.78, 5) is 17.1. The van der Waals surface area contributed by atoms with Crippen molar-refractivity contribution in [3.05, 3.63) is 114 Å². The maximum Gasteiger partial charge on any atom is 0.251 e. The molecule has 0 aliphatic heterocycles. The summed E-state index contributed by atoms with van der Waals surface area (Å²) in [6.45, 7) is 1.26. The number of nitrogens with zero attached hydrogens (tertiary/aromatic N) is 2. The molecular formula is C28H24FN3O. The summed E-state index contributed by atoms with van der Waals surface area (Å²) < 4.78 is 15.3. The van der Waals surface area contributed by atoms with Gasteiger partial charge in [-0.05, 0) is 65.2 Å². The van der Waals surface area contributed by atoms with E-state index >= 15 is 0 Å². The molecule has 33 heavy (non-hydrogen) atoms. The van der Waals surface area contributed by atoms with E-state index in [1.807, 2.05) is 18.2 Å². The van der Waals surface area contributed by atoms with Crippen LogP contribution in [0.3, 0.4) is 0 Å². The number of aryl methyl sites for hydroxylation is 1. The van der Waals surface area contributed by atoms with Crippen molar-refractivity contribution in [1.29, 1.82) is 0 Å². The zero-order chi connectivity index (χ0) is 22.6. The van der Waals surface area contributed by atoms with Gasteiger partial charge in [-0.2, -0.15) is 0 Å². The lowest BCUT2D eigenvalue weighted by Crippen LogP contribution is -2.25. The van der Waals surface area contributed by atoms with Crippen molar-refractivity contribution >= 4 is 27.7 Å². The Morgan fingerprint density at radius 1 is 0.879 bits per heavy atom. The molecule has 0 fully saturated rings. The fourth-order valence-electron chi connectivity index (χ4n) is 4.16. The van der Waals surface area contributed by atoms with Gasteiger partial charge in [0.05, 0.1) is 11.0 Å². The molecule has 0 spiro atoms. The monoisotopic (exact) mass is 437 g/mol. The average molecular weight is 438 g/mol. The molecule has 0 radical (unpaired) electrons. The molecule has 1 N–H and O–H groups in total. The lowest BCUT2D eigenvalue weighted by Gasteiger charge is -2.11. The zero-order valence-corrected chi connectivity index (χ0v) is 18.2. The third-order valence-electron chi connectivity index (χ3n) is 5.86. The lowest BCUT2D eigenvalue weighted by atomic mass is 10.1. The number of carbonyl (C=O) groups excluding carboxylic acids is 1. The van der Waals surface area contributed by atoms with Gasteiger partial charge in [-0.15, -0.1) is 0 Å². The van der Waals surface area contributed by atoms with Crippen molar-refractivity contribution in [3.63, 3.8) is 0 Å². The number of amides is 1. The van der Waals surface area contributed by atoms with Crippen molar-refractivity contribution in [2.75, 3.05) is 6.54 Å². The molecule has 0 saturated carbocycles. The summed E-state index contributed by atoms with van der Waals surface area (Å²) >= 11 is 0. The molecule has 0 atom stereocenters. The minimum absolute atomic E-state index is 0.195. The largest absolute Gasteiger partial charge is 0.352 e. The van der Waals surface area contributed by atoms with Crippen molar-refractivity contribution < 1.29 is 9.18 Å². The van der Waals surface area contributed by atoms with Crippen LogP contribution in [0.15, 0.2) is 91.0 Å². The molecule has 0 aliphatic carbocycles. The van der Waals surface area contributed by atoms with Gasteiger partial charge in [0.15, 0.2) is 0 Å². The van der Waals surface area contributed by atoms with E-state index in [-0.39, 0.29) is 11.7 Å². The standard InChI is InChI=1S/C28H24FN3O/c29-24-15-13-22(14-16-24)28(33)30-17-5-10-27-31-25-8-3-4-9-26(25)32(27)19-20-11-12-21-6-1-2-7-23(21)18-20/h1-4,6-9,11-16,18H,5,10,17,19H2,(H,30,33). The first-order valence-corrected chi connectivity index (χ1v) is 11.1. The van der Waals surface area contributed by atoms with Gasteiger partial charge >= 0.3 is 0 Å². The van der Waals surface area contributed by atoms with E-state index in [0.717, 1.165) is 36.2 Å². The molecule has 0 unspecified atom stereocenters. The number of carbonyl (C=O) groups is 1. The van der Waals surface area contributed by atoms with Gasteiger partial charge in [-0.1, -0.05) is 48.5 Å². The molecule has 5 rings (SSSR count). The molecule has 0 aliphatic rings. The number of para-hydroxylation sites is 2. The summed E-state index contributed by atoms with van der Waals surface area (Å²) in [5.74, 6) is 0.455. The van der Waals surface area contributed by atoms with E-state index in [9.17, 15) is 9.18 Å². The van der Waals surface area contributed by atoms with Crippen LogP contribution in [0, 0.1) is 5.82 Å². The summed E-state index contributed by atoms with van der Waals surface area (Å²) in [5, 5.41) is 5.37. The second kappa shape index (κ2) is 9.25. The van der Waals surface area contributed by atoms with E-state index in [0.29, 0.717) is 12.1 Å². The van der Waals surface area contributed by atoms with Crippen LogP contribution in [0.1, 0.15) is 28.2 Å². The van der Waals surface area contributed by atoms with Crippen molar-refractivity contribution in [2.24, 2.45) is 0 Å². The summed E-state index contributed by atoms with van der Waals surface area (Å²) in [5.41, 5.74) is 3.77. The van der Waals surface area contributed by atoms with Gasteiger partial charge in [0.2, 0.25) is 0 Å². The molecule has 164 valence electrons. The number of fused-ring (bicyclic) bond motifs is 2. The number of nitrogens with one attached hydrogen (secondary N) is 1. The summed E-state index contributed by atoms with van der Waals surface area (Å²) in [7, 11) is 0. The quantitative estimate of drug-likeness (QED) is 0.330. The van der Waals surface area contributed by atoms with E-state index < -0.39 is 0 Å².